The largest absolute Gasteiger partial charge is 0.480 e. The van der Waals surface area contributed by atoms with Gasteiger partial charge in [0, 0.05) is 4.75 Å². The van der Waals surface area contributed by atoms with E-state index in [9.17, 15) is 19.5 Å². The highest BCUT2D eigenvalue weighted by atomic mass is 35.5. The maximum absolute atomic E-state index is 13.2. The van der Waals surface area contributed by atoms with Gasteiger partial charge in [0.1, 0.15) is 23.5 Å². The van der Waals surface area contributed by atoms with Gasteiger partial charge in [0.15, 0.2) is 0 Å². The second-order valence-electron chi connectivity index (χ2n) is 8.30. The predicted octanol–water partition coefficient (Wildman–Crippen LogP) is 1.83. The topological polar surface area (TPSA) is 90.0 Å². The quantitative estimate of drug-likeness (QED) is 0.718. The van der Waals surface area contributed by atoms with E-state index in [1.165, 1.54) is 16.7 Å². The average Bonchev–Trinajstić information content (AvgIpc) is 2.98. The van der Waals surface area contributed by atoms with Gasteiger partial charge in [0.05, 0.1) is 5.66 Å². The van der Waals surface area contributed by atoms with E-state index in [4.69, 9.17) is 0 Å². The Bertz CT molecular complexity index is 832. The van der Waals surface area contributed by atoms with Crippen LogP contribution in [0, 0.1) is 0 Å². The molecule has 4 rings (SSSR count). The first kappa shape index (κ1) is 21.0. The van der Waals surface area contributed by atoms with Crippen molar-refractivity contribution in [1.82, 2.24) is 15.1 Å². The number of fused-ring (bicyclic) bond motifs is 1. The van der Waals surface area contributed by atoms with Crippen molar-refractivity contribution < 1.29 is 19.5 Å². The van der Waals surface area contributed by atoms with Crippen molar-refractivity contribution in [1.29, 1.82) is 0 Å². The van der Waals surface area contributed by atoms with Gasteiger partial charge in [-0.2, -0.15) is 0 Å². The molecule has 0 aliphatic carbocycles. The number of carboxylic acid groups (broad SMARTS) is 1. The molecule has 0 unspecified atom stereocenters. The number of rotatable bonds is 3. The fourth-order valence-corrected chi connectivity index (χ4v) is 6.16. The summed E-state index contributed by atoms with van der Waals surface area (Å²) in [4.78, 5) is 40.9. The van der Waals surface area contributed by atoms with Gasteiger partial charge in [0.2, 0.25) is 11.8 Å². The number of thioether (sulfide) groups is 1. The van der Waals surface area contributed by atoms with Gasteiger partial charge < -0.3 is 14.9 Å². The molecule has 9 heteroatoms. The molecule has 0 spiro atoms. The molecular formula is C19H24ClN3O4S. The summed E-state index contributed by atoms with van der Waals surface area (Å²) in [5.74, 6) is -1.45. The molecular weight excluding hydrogens is 402 g/mol. The molecule has 2 amide bonds. The molecule has 28 heavy (non-hydrogen) atoms. The van der Waals surface area contributed by atoms with E-state index in [0.29, 0.717) is 0 Å². The molecule has 3 heterocycles. The highest BCUT2D eigenvalue weighted by molar-refractivity contribution is 8.01. The van der Waals surface area contributed by atoms with Crippen LogP contribution in [0.2, 0.25) is 0 Å². The lowest BCUT2D eigenvalue weighted by atomic mass is 9.94. The Balaban J connectivity index is 0.00000225. The Hall–Kier alpha value is -1.77. The maximum Gasteiger partial charge on any atom is 0.327 e. The zero-order valence-electron chi connectivity index (χ0n) is 16.1. The third kappa shape index (κ3) is 2.81. The normalized spacial score (nSPS) is 32.6. The minimum atomic E-state index is -1.01. The van der Waals surface area contributed by atoms with Gasteiger partial charge >= 0.3 is 5.97 Å². The number of benzene rings is 1. The molecule has 0 bridgehead atoms. The van der Waals surface area contributed by atoms with Crippen molar-refractivity contribution in [2.24, 2.45) is 0 Å². The minimum absolute atomic E-state index is 0. The summed E-state index contributed by atoms with van der Waals surface area (Å²) in [5, 5.41) is 12.6. The second kappa shape index (κ2) is 6.64. The molecule has 1 aromatic carbocycles. The predicted molar refractivity (Wildman–Crippen MR) is 108 cm³/mol. The fourth-order valence-electron chi connectivity index (χ4n) is 4.49. The van der Waals surface area contributed by atoms with Crippen LogP contribution in [-0.4, -0.2) is 60.6 Å². The number of nitrogens with one attached hydrogen (secondary N) is 1. The summed E-state index contributed by atoms with van der Waals surface area (Å²) >= 11 is 1.46. The van der Waals surface area contributed by atoms with Crippen LogP contribution in [0.1, 0.15) is 39.3 Å². The van der Waals surface area contributed by atoms with Crippen molar-refractivity contribution in [2.45, 2.75) is 61.6 Å². The molecule has 1 aromatic rings. The van der Waals surface area contributed by atoms with Gasteiger partial charge in [-0.15, -0.1) is 24.2 Å². The minimum Gasteiger partial charge on any atom is -0.480 e. The first-order valence-electron chi connectivity index (χ1n) is 8.95. The molecule has 7 nitrogen and oxygen atoms in total. The Morgan fingerprint density at radius 2 is 1.71 bits per heavy atom. The maximum atomic E-state index is 13.2. The molecule has 0 saturated carbocycles. The van der Waals surface area contributed by atoms with Crippen LogP contribution in [0.25, 0.3) is 0 Å². The Morgan fingerprint density at radius 3 is 2.29 bits per heavy atom. The summed E-state index contributed by atoms with van der Waals surface area (Å²) < 4.78 is -0.611. The van der Waals surface area contributed by atoms with Gasteiger partial charge in [-0.25, -0.2) is 4.79 Å². The van der Waals surface area contributed by atoms with Gasteiger partial charge in [0.25, 0.3) is 0 Å². The van der Waals surface area contributed by atoms with E-state index < -0.39 is 34.5 Å². The number of hydrogen-bond donors (Lipinski definition) is 2. The van der Waals surface area contributed by atoms with Gasteiger partial charge in [-0.3, -0.25) is 14.9 Å². The molecule has 152 valence electrons. The van der Waals surface area contributed by atoms with E-state index >= 15 is 0 Å². The van der Waals surface area contributed by atoms with Crippen LogP contribution in [0.4, 0.5) is 0 Å². The number of hydrogen-bond acceptors (Lipinski definition) is 5. The Labute approximate surface area is 174 Å². The summed E-state index contributed by atoms with van der Waals surface area (Å²) in [6, 6.07) is 7.37. The zero-order chi connectivity index (χ0) is 19.7. The number of carbonyl (C=O) groups is 3. The first-order chi connectivity index (χ1) is 12.6. The number of aliphatic carboxylic acids is 1. The van der Waals surface area contributed by atoms with E-state index in [1.807, 2.05) is 58.0 Å². The molecule has 3 aliphatic heterocycles. The standard InChI is InChI=1S/C19H23N3O4S.ClH/c1-18(2)13(17(25)26)21-15(24)12(16(21)27-18)22-14(23)11(20-19(22,3)4)10-8-6-5-7-9-10;/h5-9,11-13,16,20H,1-4H3,(H,25,26);1H/t11-,12-,13+,16-;/m1./s1. The molecule has 4 atom stereocenters. The lowest BCUT2D eigenvalue weighted by Gasteiger charge is -2.50. The van der Waals surface area contributed by atoms with Crippen LogP contribution < -0.4 is 5.32 Å². The monoisotopic (exact) mass is 425 g/mol. The summed E-state index contributed by atoms with van der Waals surface area (Å²) in [6.07, 6.45) is 0. The van der Waals surface area contributed by atoms with E-state index in [-0.39, 0.29) is 29.6 Å². The number of nitrogens with zero attached hydrogens (tertiary/aromatic N) is 2. The summed E-state index contributed by atoms with van der Waals surface area (Å²) in [7, 11) is 0. The molecule has 3 fully saturated rings. The number of carbonyl (C=O) groups excluding carboxylic acids is 2. The molecule has 0 radical (unpaired) electrons. The lowest BCUT2D eigenvalue weighted by molar-refractivity contribution is -0.170. The fraction of sp³-hybridized carbons (Fsp3) is 0.526. The van der Waals surface area contributed by atoms with E-state index in [1.54, 1.807) is 4.90 Å². The molecule has 3 aliphatic rings. The van der Waals surface area contributed by atoms with Gasteiger partial charge in [-0.05, 0) is 33.3 Å². The van der Waals surface area contributed by atoms with Crippen LogP contribution in [-0.2, 0) is 14.4 Å². The lowest BCUT2D eigenvalue weighted by Crippen LogP contribution is -2.73. The van der Waals surface area contributed by atoms with E-state index in [0.717, 1.165) is 5.56 Å². The van der Waals surface area contributed by atoms with Crippen LogP contribution in [0.3, 0.4) is 0 Å². The number of carboxylic acids is 1. The van der Waals surface area contributed by atoms with Crippen LogP contribution in [0.5, 0.6) is 0 Å². The van der Waals surface area contributed by atoms with Crippen molar-refractivity contribution in [2.75, 3.05) is 0 Å². The number of amides is 2. The van der Waals surface area contributed by atoms with Crippen LogP contribution >= 0.6 is 24.2 Å². The van der Waals surface area contributed by atoms with Gasteiger partial charge in [-0.1, -0.05) is 30.3 Å². The second-order valence-corrected chi connectivity index (χ2v) is 10.1. The Kier molecular flexibility index (Phi) is 4.97. The Morgan fingerprint density at radius 1 is 1.11 bits per heavy atom. The first-order valence-corrected chi connectivity index (χ1v) is 9.83. The molecule has 2 N–H and O–H groups in total. The van der Waals surface area contributed by atoms with Crippen molar-refractivity contribution in [3.8, 4) is 0 Å². The molecule has 0 aromatic heterocycles. The SMILES string of the molecule is CC1(C)S[C@@H]2[C@H](N3C(=O)[C@@H](c4ccccc4)NC3(C)C)C(=O)N2[C@H]1C(=O)O.Cl. The number of β-lactam (4-membered cyclic amide) rings is 1. The number of halogens is 1. The third-order valence-electron chi connectivity index (χ3n) is 5.64. The third-order valence-corrected chi connectivity index (χ3v) is 7.20. The highest BCUT2D eigenvalue weighted by Crippen LogP contribution is 2.53. The summed E-state index contributed by atoms with van der Waals surface area (Å²) in [5.41, 5.74) is 0.139. The summed E-state index contributed by atoms with van der Waals surface area (Å²) in [6.45, 7) is 7.43. The van der Waals surface area contributed by atoms with E-state index in [2.05, 4.69) is 5.32 Å². The van der Waals surface area contributed by atoms with Crippen molar-refractivity contribution >= 4 is 42.0 Å². The van der Waals surface area contributed by atoms with Crippen molar-refractivity contribution in [3.63, 3.8) is 0 Å². The average molecular weight is 426 g/mol. The zero-order valence-corrected chi connectivity index (χ0v) is 17.7. The van der Waals surface area contributed by atoms with Crippen LogP contribution in [0.15, 0.2) is 30.3 Å². The molecule has 3 saturated heterocycles. The highest BCUT2D eigenvalue weighted by Gasteiger charge is 2.68. The smallest absolute Gasteiger partial charge is 0.327 e. The van der Waals surface area contributed by atoms with Crippen molar-refractivity contribution in [3.05, 3.63) is 35.9 Å².